The summed E-state index contributed by atoms with van der Waals surface area (Å²) in [5.41, 5.74) is 2.57. The molecule has 1 aromatic rings. The van der Waals surface area contributed by atoms with Crippen molar-refractivity contribution in [2.45, 2.75) is 38.8 Å². The second-order valence-corrected chi connectivity index (χ2v) is 6.43. The minimum atomic E-state index is 0.698. The smallest absolute Gasteiger partial charge is 0.0343 e. The number of nitrogens with zero attached hydrogens (tertiary/aromatic N) is 2. The van der Waals surface area contributed by atoms with Crippen LogP contribution in [-0.2, 0) is 0 Å². The summed E-state index contributed by atoms with van der Waals surface area (Å²) < 4.78 is 0. The minimum absolute atomic E-state index is 0.698. The number of hydrogen-bond donors (Lipinski definition) is 1. The molecular weight excluding hydrogens is 246 g/mol. The Morgan fingerprint density at radius 1 is 1.30 bits per heavy atom. The fourth-order valence-corrected chi connectivity index (χ4v) is 3.66. The molecule has 3 nitrogen and oxygen atoms in total. The van der Waals surface area contributed by atoms with Crippen molar-refractivity contribution in [3.05, 3.63) is 29.8 Å². The lowest BCUT2D eigenvalue weighted by atomic mass is 10.1. The highest BCUT2D eigenvalue weighted by atomic mass is 15.3. The van der Waals surface area contributed by atoms with Crippen molar-refractivity contribution in [3.8, 4) is 0 Å². The van der Waals surface area contributed by atoms with Gasteiger partial charge in [0.05, 0.1) is 0 Å². The van der Waals surface area contributed by atoms with E-state index in [0.29, 0.717) is 6.04 Å². The quantitative estimate of drug-likeness (QED) is 0.909. The Morgan fingerprint density at radius 2 is 2.20 bits per heavy atom. The molecule has 3 rings (SSSR count). The van der Waals surface area contributed by atoms with Crippen molar-refractivity contribution in [2.75, 3.05) is 38.0 Å². The topological polar surface area (TPSA) is 18.5 Å². The molecule has 0 aliphatic carbocycles. The van der Waals surface area contributed by atoms with Gasteiger partial charge in [0.2, 0.25) is 0 Å². The van der Waals surface area contributed by atoms with Gasteiger partial charge in [-0.05, 0) is 50.9 Å². The lowest BCUT2D eigenvalue weighted by molar-refractivity contribution is 0.0627. The van der Waals surface area contributed by atoms with Crippen LogP contribution in [0.15, 0.2) is 24.3 Å². The average molecular weight is 273 g/mol. The van der Waals surface area contributed by atoms with Crippen LogP contribution in [0.1, 0.15) is 25.3 Å². The standard InChI is InChI=1S/C17H27N3/c1-14-5-3-6-16(11-14)18-8-10-19-13-17-7-4-9-20(17)12-15(19)2/h3,5-6,11,15,17-18H,4,7-10,12-13H2,1-2H3. The molecule has 110 valence electrons. The fraction of sp³-hybridized carbons (Fsp3) is 0.647. The Morgan fingerprint density at radius 3 is 3.05 bits per heavy atom. The van der Waals surface area contributed by atoms with Crippen molar-refractivity contribution >= 4 is 5.69 Å². The van der Waals surface area contributed by atoms with Crippen molar-refractivity contribution in [2.24, 2.45) is 0 Å². The third-order valence-corrected chi connectivity index (χ3v) is 4.81. The number of anilines is 1. The van der Waals surface area contributed by atoms with Gasteiger partial charge in [-0.15, -0.1) is 0 Å². The molecule has 2 heterocycles. The molecule has 2 fully saturated rings. The summed E-state index contributed by atoms with van der Waals surface area (Å²) >= 11 is 0. The van der Waals surface area contributed by atoms with Gasteiger partial charge in [-0.2, -0.15) is 0 Å². The first-order valence-corrected chi connectivity index (χ1v) is 8.01. The molecular formula is C17H27N3. The average Bonchev–Trinajstić information content (AvgIpc) is 2.86. The SMILES string of the molecule is Cc1cccc(NCCN2CC3CCCN3CC2C)c1. The lowest BCUT2D eigenvalue weighted by Crippen LogP contribution is -2.55. The van der Waals surface area contributed by atoms with E-state index in [1.807, 2.05) is 0 Å². The maximum Gasteiger partial charge on any atom is 0.0343 e. The van der Waals surface area contributed by atoms with Gasteiger partial charge in [0.15, 0.2) is 0 Å². The molecule has 2 unspecified atom stereocenters. The van der Waals surface area contributed by atoms with Crippen LogP contribution in [0.4, 0.5) is 5.69 Å². The molecule has 0 spiro atoms. The second kappa shape index (κ2) is 6.15. The highest BCUT2D eigenvalue weighted by Crippen LogP contribution is 2.24. The first kappa shape index (κ1) is 13.9. The maximum absolute atomic E-state index is 3.56. The third-order valence-electron chi connectivity index (χ3n) is 4.81. The predicted molar refractivity (Wildman–Crippen MR) is 85.3 cm³/mol. The zero-order chi connectivity index (χ0) is 13.9. The molecule has 0 saturated carbocycles. The van der Waals surface area contributed by atoms with Gasteiger partial charge in [-0.3, -0.25) is 9.80 Å². The van der Waals surface area contributed by atoms with E-state index < -0.39 is 0 Å². The van der Waals surface area contributed by atoms with Crippen molar-refractivity contribution in [1.82, 2.24) is 9.80 Å². The molecule has 2 saturated heterocycles. The summed E-state index contributed by atoms with van der Waals surface area (Å²) in [6, 6.07) is 10.2. The summed E-state index contributed by atoms with van der Waals surface area (Å²) in [5, 5.41) is 3.56. The highest BCUT2D eigenvalue weighted by molar-refractivity contribution is 5.45. The Bertz CT molecular complexity index is 446. The normalized spacial score (nSPS) is 27.5. The summed E-state index contributed by atoms with van der Waals surface area (Å²) in [7, 11) is 0. The Kier molecular flexibility index (Phi) is 4.27. The zero-order valence-electron chi connectivity index (χ0n) is 12.8. The van der Waals surface area contributed by atoms with E-state index in [0.717, 1.165) is 19.1 Å². The molecule has 20 heavy (non-hydrogen) atoms. The van der Waals surface area contributed by atoms with Gasteiger partial charge in [-0.1, -0.05) is 12.1 Å². The molecule has 0 amide bonds. The summed E-state index contributed by atoms with van der Waals surface area (Å²) in [6.07, 6.45) is 2.79. The highest BCUT2D eigenvalue weighted by Gasteiger charge is 2.33. The largest absolute Gasteiger partial charge is 0.384 e. The van der Waals surface area contributed by atoms with Crippen LogP contribution in [-0.4, -0.2) is 54.6 Å². The number of nitrogens with one attached hydrogen (secondary N) is 1. The summed E-state index contributed by atoms with van der Waals surface area (Å²) in [4.78, 5) is 5.35. The van der Waals surface area contributed by atoms with Gasteiger partial charge in [0, 0.05) is 44.0 Å². The molecule has 1 aromatic carbocycles. The molecule has 0 aromatic heterocycles. The molecule has 2 aliphatic rings. The lowest BCUT2D eigenvalue weighted by Gasteiger charge is -2.42. The van der Waals surface area contributed by atoms with Gasteiger partial charge in [0.25, 0.3) is 0 Å². The maximum atomic E-state index is 3.56. The Balaban J connectivity index is 1.48. The van der Waals surface area contributed by atoms with Crippen LogP contribution in [0.25, 0.3) is 0 Å². The van der Waals surface area contributed by atoms with Crippen LogP contribution in [0.3, 0.4) is 0 Å². The van der Waals surface area contributed by atoms with Crippen LogP contribution in [0.2, 0.25) is 0 Å². The van der Waals surface area contributed by atoms with Crippen LogP contribution in [0.5, 0.6) is 0 Å². The van der Waals surface area contributed by atoms with E-state index in [4.69, 9.17) is 0 Å². The number of fused-ring (bicyclic) bond motifs is 1. The van der Waals surface area contributed by atoms with Gasteiger partial charge < -0.3 is 5.32 Å². The van der Waals surface area contributed by atoms with Crippen LogP contribution >= 0.6 is 0 Å². The fourth-order valence-electron chi connectivity index (χ4n) is 3.66. The van der Waals surface area contributed by atoms with Crippen molar-refractivity contribution < 1.29 is 0 Å². The van der Waals surface area contributed by atoms with Crippen LogP contribution in [0, 0.1) is 6.92 Å². The minimum Gasteiger partial charge on any atom is -0.384 e. The molecule has 0 bridgehead atoms. The van der Waals surface area contributed by atoms with Crippen LogP contribution < -0.4 is 5.32 Å². The number of rotatable bonds is 4. The zero-order valence-corrected chi connectivity index (χ0v) is 12.8. The first-order valence-electron chi connectivity index (χ1n) is 8.01. The van der Waals surface area contributed by atoms with Gasteiger partial charge >= 0.3 is 0 Å². The van der Waals surface area contributed by atoms with Crippen molar-refractivity contribution in [1.29, 1.82) is 0 Å². The number of piperazine rings is 1. The molecule has 2 atom stereocenters. The monoisotopic (exact) mass is 273 g/mol. The number of aryl methyl sites for hydroxylation is 1. The van der Waals surface area contributed by atoms with Crippen molar-refractivity contribution in [3.63, 3.8) is 0 Å². The van der Waals surface area contributed by atoms with E-state index in [1.165, 1.54) is 43.7 Å². The Hall–Kier alpha value is -1.06. The number of hydrogen-bond acceptors (Lipinski definition) is 3. The number of benzene rings is 1. The van der Waals surface area contributed by atoms with E-state index >= 15 is 0 Å². The van der Waals surface area contributed by atoms with Gasteiger partial charge in [0.1, 0.15) is 0 Å². The molecule has 3 heteroatoms. The second-order valence-electron chi connectivity index (χ2n) is 6.43. The summed E-state index contributed by atoms with van der Waals surface area (Å²) in [6.45, 7) is 10.6. The van der Waals surface area contributed by atoms with E-state index in [9.17, 15) is 0 Å². The van der Waals surface area contributed by atoms with Gasteiger partial charge in [-0.25, -0.2) is 0 Å². The van der Waals surface area contributed by atoms with E-state index in [1.54, 1.807) is 0 Å². The molecule has 2 aliphatic heterocycles. The Labute approximate surface area is 123 Å². The van der Waals surface area contributed by atoms with E-state index in [2.05, 4.69) is 53.2 Å². The molecule has 0 radical (unpaired) electrons. The predicted octanol–water partition coefficient (Wildman–Crippen LogP) is 2.58. The summed E-state index contributed by atoms with van der Waals surface area (Å²) in [5.74, 6) is 0. The first-order chi connectivity index (χ1) is 9.72. The third kappa shape index (κ3) is 3.15. The molecule has 1 N–H and O–H groups in total. The van der Waals surface area contributed by atoms with E-state index in [-0.39, 0.29) is 0 Å².